The van der Waals surface area contributed by atoms with Crippen LogP contribution in [0.25, 0.3) is 27.9 Å². The van der Waals surface area contributed by atoms with Crippen molar-refractivity contribution < 1.29 is 0 Å². The molecule has 4 aromatic rings. The zero-order valence-electron chi connectivity index (χ0n) is 17.7. The summed E-state index contributed by atoms with van der Waals surface area (Å²) in [5, 5.41) is 13.2. The first kappa shape index (κ1) is 19.0. The lowest BCUT2D eigenvalue weighted by molar-refractivity contribution is 0.315. The van der Waals surface area contributed by atoms with Crippen molar-refractivity contribution in [2.75, 3.05) is 32.1 Å². The van der Waals surface area contributed by atoms with Crippen molar-refractivity contribution in [1.82, 2.24) is 19.3 Å². The monoisotopic (exact) mass is 416 g/mol. The van der Waals surface area contributed by atoms with Gasteiger partial charge < -0.3 is 9.80 Å². The second kappa shape index (κ2) is 7.08. The van der Waals surface area contributed by atoms with Crippen LogP contribution in [0.1, 0.15) is 22.6 Å². The summed E-state index contributed by atoms with van der Waals surface area (Å²) in [5.41, 5.74) is 6.23. The Kier molecular flexibility index (Phi) is 4.49. The Bertz CT molecular complexity index is 1310. The fourth-order valence-electron chi connectivity index (χ4n) is 4.55. The van der Waals surface area contributed by atoms with Crippen LogP contribution in [0.15, 0.2) is 29.6 Å². The summed E-state index contributed by atoms with van der Waals surface area (Å²) < 4.78 is 2.18. The zero-order valence-corrected chi connectivity index (χ0v) is 18.5. The number of nitriles is 1. The van der Waals surface area contributed by atoms with Gasteiger partial charge in [0, 0.05) is 30.1 Å². The van der Waals surface area contributed by atoms with Gasteiger partial charge in [-0.2, -0.15) is 5.26 Å². The molecule has 1 aliphatic rings. The molecule has 1 saturated heterocycles. The molecule has 7 heteroatoms. The second-order valence-electron chi connectivity index (χ2n) is 8.17. The quantitative estimate of drug-likeness (QED) is 0.500. The molecule has 0 amide bonds. The molecule has 0 bridgehead atoms. The second-order valence-corrected chi connectivity index (χ2v) is 9.24. The van der Waals surface area contributed by atoms with Crippen LogP contribution in [-0.4, -0.2) is 52.5 Å². The lowest BCUT2D eigenvalue weighted by Crippen LogP contribution is -2.32. The Morgan fingerprint density at radius 3 is 2.67 bits per heavy atom. The summed E-state index contributed by atoms with van der Waals surface area (Å²) in [7, 11) is 4.29. The minimum atomic E-state index is 0.496. The van der Waals surface area contributed by atoms with Gasteiger partial charge in [-0.05, 0) is 52.1 Å². The number of nitrogens with zero attached hydrogens (tertiary/aromatic N) is 6. The van der Waals surface area contributed by atoms with Crippen molar-refractivity contribution in [3.05, 3.63) is 45.8 Å². The minimum Gasteiger partial charge on any atom is -0.355 e. The maximum atomic E-state index is 10.0. The van der Waals surface area contributed by atoms with Gasteiger partial charge in [-0.15, -0.1) is 11.3 Å². The highest BCUT2D eigenvalue weighted by Gasteiger charge is 2.31. The van der Waals surface area contributed by atoms with E-state index in [-0.39, 0.29) is 0 Å². The third-order valence-corrected chi connectivity index (χ3v) is 6.92. The molecule has 0 saturated carbocycles. The molecule has 0 unspecified atom stereocenters. The summed E-state index contributed by atoms with van der Waals surface area (Å²) in [6, 6.07) is 11.1. The van der Waals surface area contributed by atoms with E-state index >= 15 is 0 Å². The molecule has 1 aliphatic heterocycles. The number of rotatable bonds is 3. The van der Waals surface area contributed by atoms with E-state index in [4.69, 9.17) is 9.97 Å². The number of fused-ring (bicyclic) bond motifs is 3. The number of hydrogen-bond acceptors (Lipinski definition) is 6. The fraction of sp³-hybridized carbons (Fsp3) is 0.348. The molecule has 3 aromatic heterocycles. The van der Waals surface area contributed by atoms with Crippen molar-refractivity contribution in [2.24, 2.45) is 0 Å². The Balaban J connectivity index is 1.90. The Morgan fingerprint density at radius 2 is 2.00 bits per heavy atom. The molecule has 0 spiro atoms. The van der Waals surface area contributed by atoms with Crippen molar-refractivity contribution in [3.8, 4) is 17.3 Å². The topological polar surface area (TPSA) is 60.5 Å². The van der Waals surface area contributed by atoms with Crippen molar-refractivity contribution >= 4 is 33.8 Å². The first-order chi connectivity index (χ1) is 14.5. The molecule has 1 fully saturated rings. The maximum absolute atomic E-state index is 10.0. The fourth-order valence-corrected chi connectivity index (χ4v) is 5.16. The number of likely N-dealkylation sites (N-methyl/N-ethyl adjacent to an activating group) is 1. The number of para-hydroxylation sites is 2. The molecular formula is C23H24N6S. The standard InChI is InChI=1S/C23H24N6S/c1-14-17(11-24)22-26-18-7-5-6-8-20(18)29(22)23(21(14)19-13-30-15(2)25-19)28-10-9-16(12-28)27(3)4/h5-8,13,16H,9-10,12H2,1-4H3/t16-/m0/s1. The number of aromatic nitrogens is 3. The zero-order chi connectivity index (χ0) is 21.0. The van der Waals surface area contributed by atoms with Crippen LogP contribution in [0.5, 0.6) is 0 Å². The summed E-state index contributed by atoms with van der Waals surface area (Å²) in [5.74, 6) is 1.10. The predicted molar refractivity (Wildman–Crippen MR) is 122 cm³/mol. The van der Waals surface area contributed by atoms with Crippen molar-refractivity contribution in [2.45, 2.75) is 26.3 Å². The summed E-state index contributed by atoms with van der Waals surface area (Å²) in [6.07, 6.45) is 1.11. The first-order valence-corrected chi connectivity index (χ1v) is 11.0. The van der Waals surface area contributed by atoms with Crippen LogP contribution in [0.3, 0.4) is 0 Å². The Labute approximate surface area is 180 Å². The average Bonchev–Trinajstić information content (AvgIpc) is 3.45. The first-order valence-electron chi connectivity index (χ1n) is 10.2. The van der Waals surface area contributed by atoms with E-state index in [1.54, 1.807) is 11.3 Å². The van der Waals surface area contributed by atoms with Crippen LogP contribution in [0.2, 0.25) is 0 Å². The summed E-state index contributed by atoms with van der Waals surface area (Å²) in [4.78, 5) is 14.4. The molecule has 0 radical (unpaired) electrons. The van der Waals surface area contributed by atoms with Crippen LogP contribution in [-0.2, 0) is 0 Å². The maximum Gasteiger partial charge on any atom is 0.157 e. The van der Waals surface area contributed by atoms with Gasteiger partial charge >= 0.3 is 0 Å². The highest BCUT2D eigenvalue weighted by Crippen LogP contribution is 2.41. The predicted octanol–water partition coefficient (Wildman–Crippen LogP) is 4.24. The highest BCUT2D eigenvalue weighted by molar-refractivity contribution is 7.09. The van der Waals surface area contributed by atoms with E-state index in [0.29, 0.717) is 11.6 Å². The number of benzene rings is 1. The summed E-state index contributed by atoms with van der Waals surface area (Å²) in [6.45, 7) is 5.96. The third kappa shape index (κ3) is 2.79. The lowest BCUT2D eigenvalue weighted by Gasteiger charge is -2.26. The molecule has 0 aliphatic carbocycles. The number of aryl methyl sites for hydroxylation is 1. The summed E-state index contributed by atoms with van der Waals surface area (Å²) >= 11 is 1.64. The number of thiazole rings is 1. The largest absolute Gasteiger partial charge is 0.355 e. The van der Waals surface area contributed by atoms with Gasteiger partial charge in [0.1, 0.15) is 11.9 Å². The van der Waals surface area contributed by atoms with Gasteiger partial charge in [0.25, 0.3) is 0 Å². The van der Waals surface area contributed by atoms with E-state index in [0.717, 1.165) is 63.8 Å². The number of anilines is 1. The van der Waals surface area contributed by atoms with Gasteiger partial charge in [-0.3, -0.25) is 4.40 Å². The smallest absolute Gasteiger partial charge is 0.157 e. The van der Waals surface area contributed by atoms with Gasteiger partial charge in [-0.1, -0.05) is 12.1 Å². The van der Waals surface area contributed by atoms with E-state index in [1.165, 1.54) is 0 Å². The van der Waals surface area contributed by atoms with Crippen molar-refractivity contribution in [3.63, 3.8) is 0 Å². The molecule has 5 rings (SSSR count). The van der Waals surface area contributed by atoms with E-state index in [2.05, 4.69) is 45.8 Å². The van der Waals surface area contributed by atoms with Gasteiger partial charge in [0.05, 0.1) is 27.3 Å². The highest BCUT2D eigenvalue weighted by atomic mass is 32.1. The Hall–Kier alpha value is -2.95. The number of pyridine rings is 1. The molecule has 152 valence electrons. The average molecular weight is 417 g/mol. The molecule has 30 heavy (non-hydrogen) atoms. The van der Waals surface area contributed by atoms with Gasteiger partial charge in [0.2, 0.25) is 0 Å². The van der Waals surface area contributed by atoms with E-state index < -0.39 is 0 Å². The molecule has 6 nitrogen and oxygen atoms in total. The van der Waals surface area contributed by atoms with Crippen LogP contribution >= 0.6 is 11.3 Å². The number of imidazole rings is 1. The Morgan fingerprint density at radius 1 is 1.20 bits per heavy atom. The van der Waals surface area contributed by atoms with Crippen molar-refractivity contribution in [1.29, 1.82) is 5.26 Å². The van der Waals surface area contributed by atoms with E-state index in [1.807, 2.05) is 32.0 Å². The third-order valence-electron chi connectivity index (χ3n) is 6.15. The molecule has 1 atom stereocenters. The molecule has 1 aromatic carbocycles. The molecule has 0 N–H and O–H groups in total. The van der Waals surface area contributed by atoms with Gasteiger partial charge in [-0.25, -0.2) is 9.97 Å². The minimum absolute atomic E-state index is 0.496. The van der Waals surface area contributed by atoms with E-state index in [9.17, 15) is 5.26 Å². The molecular weight excluding hydrogens is 392 g/mol. The van der Waals surface area contributed by atoms with Crippen LogP contribution in [0.4, 0.5) is 5.82 Å². The molecule has 4 heterocycles. The normalized spacial score (nSPS) is 16.8. The van der Waals surface area contributed by atoms with Crippen LogP contribution < -0.4 is 4.90 Å². The van der Waals surface area contributed by atoms with Gasteiger partial charge in [0.15, 0.2) is 5.65 Å². The van der Waals surface area contributed by atoms with Crippen LogP contribution in [0, 0.1) is 25.2 Å². The lowest BCUT2D eigenvalue weighted by atomic mass is 10.0. The number of hydrogen-bond donors (Lipinski definition) is 0. The SMILES string of the molecule is Cc1nc(-c2c(C)c(C#N)c3nc4ccccc4n3c2N2CC[C@H](N(C)C)C2)cs1.